The van der Waals surface area contributed by atoms with Gasteiger partial charge in [-0.25, -0.2) is 4.79 Å². The van der Waals surface area contributed by atoms with Crippen LogP contribution in [0.1, 0.15) is 42.6 Å². The first-order valence-electron chi connectivity index (χ1n) is 11.9. The maximum Gasteiger partial charge on any atom is 0.337 e. The van der Waals surface area contributed by atoms with Crippen LogP contribution >= 0.6 is 35.4 Å². The van der Waals surface area contributed by atoms with Crippen molar-refractivity contribution in [2.75, 3.05) is 25.5 Å². The number of benzene rings is 2. The Labute approximate surface area is 227 Å². The minimum Gasteiger partial charge on any atom is -0.465 e. The lowest BCUT2D eigenvalue weighted by Crippen LogP contribution is -2.59. The maximum absolute atomic E-state index is 13.5. The van der Waals surface area contributed by atoms with Crippen LogP contribution in [-0.4, -0.2) is 58.7 Å². The first-order valence-corrected chi connectivity index (χ1v) is 13.1. The van der Waals surface area contributed by atoms with Crippen LogP contribution in [0.2, 0.25) is 10.0 Å². The quantitative estimate of drug-likeness (QED) is 0.405. The van der Waals surface area contributed by atoms with Crippen LogP contribution in [0, 0.1) is 5.92 Å². The topological polar surface area (TPSA) is 73.9 Å². The molecule has 2 aromatic rings. The molecule has 4 rings (SSSR count). The Balaban J connectivity index is 1.49. The molecule has 1 unspecified atom stereocenters. The van der Waals surface area contributed by atoms with Crippen LogP contribution in [0.25, 0.3) is 0 Å². The van der Waals surface area contributed by atoms with E-state index in [1.807, 2.05) is 17.0 Å². The molecule has 2 fully saturated rings. The molecule has 1 atom stereocenters. The molecule has 2 heterocycles. The van der Waals surface area contributed by atoms with Crippen molar-refractivity contribution in [3.05, 3.63) is 63.6 Å². The van der Waals surface area contributed by atoms with Crippen molar-refractivity contribution in [1.82, 2.24) is 15.1 Å². The second-order valence-corrected chi connectivity index (χ2v) is 10.7. The highest BCUT2D eigenvalue weighted by Crippen LogP contribution is 2.36. The summed E-state index contributed by atoms with van der Waals surface area (Å²) in [5, 5.41) is 8.41. The van der Waals surface area contributed by atoms with Gasteiger partial charge in [-0.2, -0.15) is 0 Å². The second kappa shape index (κ2) is 10.9. The standard InChI is InChI=1S/C26H30Cl2N4O3S/c1-16(2)21-23(33)32(15-17-7-9-18(10-8-17)24(34)35-3)26(30-21)11-13-31(14-12-26)25(36)29-22-19(27)5-4-6-20(22)28/h4-10,16,21,30H,11-15H2,1-3H3,(H,29,36). The van der Waals surface area contributed by atoms with Gasteiger partial charge in [0.25, 0.3) is 0 Å². The number of nitrogens with one attached hydrogen (secondary N) is 2. The Hall–Kier alpha value is -2.39. The smallest absolute Gasteiger partial charge is 0.337 e. The molecule has 0 aromatic heterocycles. The number of likely N-dealkylation sites (tertiary alicyclic amines) is 1. The Morgan fingerprint density at radius 1 is 1.17 bits per heavy atom. The van der Waals surface area contributed by atoms with Gasteiger partial charge in [0, 0.05) is 32.5 Å². The fourth-order valence-electron chi connectivity index (χ4n) is 4.83. The molecule has 1 amide bonds. The number of ether oxygens (including phenoxy) is 1. The number of nitrogens with zero attached hydrogens (tertiary/aromatic N) is 2. The van der Waals surface area contributed by atoms with Gasteiger partial charge in [0.05, 0.1) is 40.1 Å². The molecule has 10 heteroatoms. The lowest BCUT2D eigenvalue weighted by Gasteiger charge is -2.45. The summed E-state index contributed by atoms with van der Waals surface area (Å²) in [6, 6.07) is 12.3. The molecule has 0 saturated carbocycles. The molecule has 2 aromatic carbocycles. The molecule has 0 aliphatic carbocycles. The van der Waals surface area contributed by atoms with Crippen molar-refractivity contribution >= 4 is 58.1 Å². The maximum atomic E-state index is 13.5. The number of esters is 1. The van der Waals surface area contributed by atoms with Crippen LogP contribution in [0.3, 0.4) is 0 Å². The van der Waals surface area contributed by atoms with Crippen molar-refractivity contribution in [2.45, 2.75) is 44.9 Å². The summed E-state index contributed by atoms with van der Waals surface area (Å²) < 4.78 is 4.79. The predicted octanol–water partition coefficient (Wildman–Crippen LogP) is 4.93. The van der Waals surface area contributed by atoms with E-state index in [0.717, 1.165) is 5.56 Å². The van der Waals surface area contributed by atoms with Gasteiger partial charge in [0.1, 0.15) is 0 Å². The Bertz CT molecular complexity index is 1130. The number of anilines is 1. The van der Waals surface area contributed by atoms with Crippen molar-refractivity contribution in [1.29, 1.82) is 0 Å². The predicted molar refractivity (Wildman–Crippen MR) is 146 cm³/mol. The van der Waals surface area contributed by atoms with E-state index in [0.29, 0.717) is 58.9 Å². The first kappa shape index (κ1) is 26.7. The number of amides is 1. The largest absolute Gasteiger partial charge is 0.465 e. The third-order valence-electron chi connectivity index (χ3n) is 6.93. The summed E-state index contributed by atoms with van der Waals surface area (Å²) in [6.45, 7) is 5.89. The summed E-state index contributed by atoms with van der Waals surface area (Å²) >= 11 is 18.3. The van der Waals surface area contributed by atoms with E-state index in [9.17, 15) is 9.59 Å². The zero-order chi connectivity index (χ0) is 26.0. The second-order valence-electron chi connectivity index (χ2n) is 9.52. The average Bonchev–Trinajstić information content (AvgIpc) is 3.13. The zero-order valence-corrected chi connectivity index (χ0v) is 22.8. The summed E-state index contributed by atoms with van der Waals surface area (Å²) in [6.07, 6.45) is 1.42. The number of hydrogen-bond acceptors (Lipinski definition) is 5. The van der Waals surface area contributed by atoms with E-state index >= 15 is 0 Å². The third-order valence-corrected chi connectivity index (χ3v) is 7.92. The van der Waals surface area contributed by atoms with Crippen LogP contribution in [0.4, 0.5) is 5.69 Å². The van der Waals surface area contributed by atoms with Gasteiger partial charge in [-0.3, -0.25) is 10.1 Å². The number of para-hydroxylation sites is 1. The lowest BCUT2D eigenvalue weighted by molar-refractivity contribution is -0.134. The van der Waals surface area contributed by atoms with Crippen molar-refractivity contribution in [2.24, 2.45) is 5.92 Å². The molecule has 0 bridgehead atoms. The van der Waals surface area contributed by atoms with Gasteiger partial charge >= 0.3 is 5.97 Å². The number of carbonyl (C=O) groups is 2. The monoisotopic (exact) mass is 548 g/mol. The average molecular weight is 550 g/mol. The highest BCUT2D eigenvalue weighted by atomic mass is 35.5. The highest BCUT2D eigenvalue weighted by molar-refractivity contribution is 7.80. The number of hydrogen-bond donors (Lipinski definition) is 2. The van der Waals surface area contributed by atoms with E-state index < -0.39 is 5.66 Å². The number of methoxy groups -OCH3 is 1. The van der Waals surface area contributed by atoms with Crippen molar-refractivity contribution in [3.63, 3.8) is 0 Å². The molecule has 7 nitrogen and oxygen atoms in total. The summed E-state index contributed by atoms with van der Waals surface area (Å²) in [5.74, 6) is -0.130. The molecule has 2 N–H and O–H groups in total. The molecule has 2 aliphatic heterocycles. The van der Waals surface area contributed by atoms with Crippen molar-refractivity contribution in [3.8, 4) is 0 Å². The van der Waals surface area contributed by atoms with Gasteiger partial charge in [0.15, 0.2) is 5.11 Å². The molecule has 2 saturated heterocycles. The van der Waals surface area contributed by atoms with E-state index in [2.05, 4.69) is 29.4 Å². The fourth-order valence-corrected chi connectivity index (χ4v) is 5.61. The number of halogens is 2. The molecule has 1 spiro atoms. The first-order chi connectivity index (χ1) is 17.1. The Morgan fingerprint density at radius 3 is 2.33 bits per heavy atom. The van der Waals surface area contributed by atoms with Gasteiger partial charge in [-0.05, 0) is 48.0 Å². The van der Waals surface area contributed by atoms with E-state index in [1.165, 1.54) is 7.11 Å². The number of carbonyl (C=O) groups excluding carboxylic acids is 2. The minimum atomic E-state index is -0.471. The number of rotatable bonds is 5. The molecule has 2 aliphatic rings. The Morgan fingerprint density at radius 2 is 1.78 bits per heavy atom. The molecule has 0 radical (unpaired) electrons. The zero-order valence-electron chi connectivity index (χ0n) is 20.5. The highest BCUT2D eigenvalue weighted by Gasteiger charge is 2.52. The molecular weight excluding hydrogens is 519 g/mol. The third kappa shape index (κ3) is 5.32. The van der Waals surface area contributed by atoms with Gasteiger partial charge in [-0.1, -0.05) is 55.2 Å². The van der Waals surface area contributed by atoms with Crippen LogP contribution < -0.4 is 10.6 Å². The van der Waals surface area contributed by atoms with Crippen LogP contribution in [-0.2, 0) is 16.1 Å². The lowest BCUT2D eigenvalue weighted by atomic mass is 9.95. The summed E-state index contributed by atoms with van der Waals surface area (Å²) in [4.78, 5) is 29.3. The molecule has 36 heavy (non-hydrogen) atoms. The van der Waals surface area contributed by atoms with E-state index in [-0.39, 0.29) is 23.8 Å². The normalized spacial score (nSPS) is 19.2. The SMILES string of the molecule is COC(=O)c1ccc(CN2C(=O)C(C(C)C)NC23CCN(C(=S)Nc2c(Cl)cccc2Cl)CC3)cc1. The number of piperidine rings is 1. The van der Waals surface area contributed by atoms with Crippen LogP contribution in [0.15, 0.2) is 42.5 Å². The van der Waals surface area contributed by atoms with Gasteiger partial charge in [-0.15, -0.1) is 0 Å². The molecule has 192 valence electrons. The molecular formula is C26H30Cl2N4O3S. The number of thiocarbonyl (C=S) groups is 1. The van der Waals surface area contributed by atoms with E-state index in [4.69, 9.17) is 40.2 Å². The fraction of sp³-hybridized carbons (Fsp3) is 0.423. The van der Waals surface area contributed by atoms with Gasteiger partial charge < -0.3 is 19.9 Å². The van der Waals surface area contributed by atoms with Gasteiger partial charge in [0.2, 0.25) is 5.91 Å². The summed E-state index contributed by atoms with van der Waals surface area (Å²) in [7, 11) is 1.36. The van der Waals surface area contributed by atoms with Crippen LogP contribution in [0.5, 0.6) is 0 Å². The van der Waals surface area contributed by atoms with E-state index in [1.54, 1.807) is 30.3 Å². The van der Waals surface area contributed by atoms with Crippen molar-refractivity contribution < 1.29 is 14.3 Å². The minimum absolute atomic E-state index is 0.0963. The summed E-state index contributed by atoms with van der Waals surface area (Å²) in [5.41, 5.74) is 1.56. The Kier molecular flexibility index (Phi) is 8.09.